The van der Waals surface area contributed by atoms with Crippen LogP contribution >= 0.6 is 0 Å². The van der Waals surface area contributed by atoms with E-state index in [-0.39, 0.29) is 5.91 Å². The number of piperazine rings is 1. The molecule has 35 heavy (non-hydrogen) atoms. The van der Waals surface area contributed by atoms with E-state index in [1.807, 2.05) is 76.5 Å². The lowest BCUT2D eigenvalue weighted by molar-refractivity contribution is -0.126. The molecule has 176 valence electrons. The minimum absolute atomic E-state index is 0.00368. The van der Waals surface area contributed by atoms with Crippen LogP contribution in [0.1, 0.15) is 5.56 Å². The molecule has 7 nitrogen and oxygen atoms in total. The Labute approximate surface area is 204 Å². The van der Waals surface area contributed by atoms with Crippen molar-refractivity contribution in [1.82, 2.24) is 19.7 Å². The van der Waals surface area contributed by atoms with Gasteiger partial charge in [-0.3, -0.25) is 9.78 Å². The second-order valence-electron chi connectivity index (χ2n) is 8.30. The van der Waals surface area contributed by atoms with E-state index in [2.05, 4.69) is 22.0 Å². The average molecular weight is 466 g/mol. The number of anilines is 1. The summed E-state index contributed by atoms with van der Waals surface area (Å²) in [6.45, 7) is 2.93. The maximum atomic E-state index is 13.0. The average Bonchev–Trinajstić information content (AvgIpc) is 3.37. The lowest BCUT2D eigenvalue weighted by Gasteiger charge is -2.35. The highest BCUT2D eigenvalue weighted by atomic mass is 16.5. The van der Waals surface area contributed by atoms with E-state index in [9.17, 15) is 4.79 Å². The predicted molar refractivity (Wildman–Crippen MR) is 138 cm³/mol. The lowest BCUT2D eigenvalue weighted by Crippen LogP contribution is -2.48. The molecule has 1 saturated heterocycles. The fourth-order valence-electron chi connectivity index (χ4n) is 4.19. The van der Waals surface area contributed by atoms with Crippen LogP contribution in [-0.4, -0.2) is 58.9 Å². The number of aromatic nitrogens is 3. The Bertz CT molecular complexity index is 1290. The predicted octanol–water partition coefficient (Wildman–Crippen LogP) is 4.30. The van der Waals surface area contributed by atoms with Gasteiger partial charge in [0.25, 0.3) is 0 Å². The molecule has 1 amide bonds. The van der Waals surface area contributed by atoms with Gasteiger partial charge in [-0.1, -0.05) is 18.2 Å². The van der Waals surface area contributed by atoms with Crippen LogP contribution in [0.15, 0.2) is 91.4 Å². The van der Waals surface area contributed by atoms with E-state index in [4.69, 9.17) is 9.84 Å². The number of ether oxygens (including phenoxy) is 1. The van der Waals surface area contributed by atoms with Crippen molar-refractivity contribution < 1.29 is 9.53 Å². The van der Waals surface area contributed by atoms with Gasteiger partial charge >= 0.3 is 0 Å². The molecule has 0 aliphatic carbocycles. The molecule has 0 saturated carbocycles. The summed E-state index contributed by atoms with van der Waals surface area (Å²) in [6.07, 6.45) is 8.98. The molecule has 1 fully saturated rings. The molecule has 7 heteroatoms. The highest BCUT2D eigenvalue weighted by Crippen LogP contribution is 2.25. The van der Waals surface area contributed by atoms with E-state index in [0.717, 1.165) is 47.0 Å². The van der Waals surface area contributed by atoms with Crippen LogP contribution in [-0.2, 0) is 4.79 Å². The van der Waals surface area contributed by atoms with Crippen LogP contribution in [0.4, 0.5) is 5.69 Å². The van der Waals surface area contributed by atoms with Crippen LogP contribution in [0.25, 0.3) is 23.0 Å². The first-order valence-electron chi connectivity index (χ1n) is 11.6. The summed E-state index contributed by atoms with van der Waals surface area (Å²) >= 11 is 0. The van der Waals surface area contributed by atoms with Crippen molar-refractivity contribution >= 4 is 17.7 Å². The van der Waals surface area contributed by atoms with Gasteiger partial charge in [-0.25, -0.2) is 4.68 Å². The molecule has 3 heterocycles. The molecular formula is C28H27N5O2. The lowest BCUT2D eigenvalue weighted by atomic mass is 10.1. The third kappa shape index (κ3) is 5.09. The van der Waals surface area contributed by atoms with Crippen LogP contribution in [0.3, 0.4) is 0 Å². The number of nitrogens with zero attached hydrogens (tertiary/aromatic N) is 5. The van der Waals surface area contributed by atoms with Gasteiger partial charge in [-0.05, 0) is 54.6 Å². The first kappa shape index (κ1) is 22.4. The Hall–Kier alpha value is -4.39. The fourth-order valence-corrected chi connectivity index (χ4v) is 4.19. The van der Waals surface area contributed by atoms with Crippen molar-refractivity contribution in [2.24, 2.45) is 0 Å². The van der Waals surface area contributed by atoms with Gasteiger partial charge in [0.15, 0.2) is 0 Å². The van der Waals surface area contributed by atoms with Crippen molar-refractivity contribution in [3.63, 3.8) is 0 Å². The number of amides is 1. The number of carbonyl (C=O) groups is 1. The molecule has 0 spiro atoms. The normalized spacial score (nSPS) is 13.9. The largest absolute Gasteiger partial charge is 0.497 e. The highest BCUT2D eigenvalue weighted by Gasteiger charge is 2.20. The second kappa shape index (κ2) is 10.3. The Kier molecular flexibility index (Phi) is 6.57. The molecule has 1 aliphatic heterocycles. The van der Waals surface area contributed by atoms with E-state index in [1.165, 1.54) is 0 Å². The summed E-state index contributed by atoms with van der Waals surface area (Å²) in [4.78, 5) is 21.4. The third-order valence-corrected chi connectivity index (χ3v) is 6.13. The number of benzene rings is 2. The minimum Gasteiger partial charge on any atom is -0.497 e. The molecule has 2 aromatic heterocycles. The van der Waals surface area contributed by atoms with Crippen LogP contribution < -0.4 is 9.64 Å². The van der Waals surface area contributed by atoms with Crippen molar-refractivity contribution in [3.8, 4) is 22.7 Å². The molecule has 4 aromatic rings. The number of pyridine rings is 1. The van der Waals surface area contributed by atoms with E-state index in [0.29, 0.717) is 13.1 Å². The van der Waals surface area contributed by atoms with Crippen LogP contribution in [0.5, 0.6) is 5.75 Å². The van der Waals surface area contributed by atoms with Gasteiger partial charge in [0.2, 0.25) is 5.91 Å². The van der Waals surface area contributed by atoms with Crippen molar-refractivity contribution in [1.29, 1.82) is 0 Å². The zero-order valence-electron chi connectivity index (χ0n) is 19.6. The molecule has 0 unspecified atom stereocenters. The number of rotatable bonds is 6. The van der Waals surface area contributed by atoms with E-state index < -0.39 is 0 Å². The van der Waals surface area contributed by atoms with E-state index in [1.54, 1.807) is 25.6 Å². The molecule has 1 aliphatic rings. The van der Waals surface area contributed by atoms with Crippen LogP contribution in [0, 0.1) is 0 Å². The number of para-hydroxylation sites is 1. The number of methoxy groups -OCH3 is 1. The smallest absolute Gasteiger partial charge is 0.246 e. The molecular weight excluding hydrogens is 438 g/mol. The zero-order valence-corrected chi connectivity index (χ0v) is 19.6. The highest BCUT2D eigenvalue weighted by molar-refractivity contribution is 5.93. The number of carbonyl (C=O) groups excluding carboxylic acids is 1. The Morgan fingerprint density at radius 2 is 1.69 bits per heavy atom. The SMILES string of the molecule is COc1ccc(N2CCN(C(=O)C=Cc3cn(-c4ccccc4)nc3-c3cccnc3)CC2)cc1. The number of hydrogen-bond acceptors (Lipinski definition) is 5. The molecule has 5 rings (SSSR count). The maximum Gasteiger partial charge on any atom is 0.246 e. The summed E-state index contributed by atoms with van der Waals surface area (Å²) in [6, 6.07) is 21.8. The summed E-state index contributed by atoms with van der Waals surface area (Å²) in [5, 5.41) is 4.78. The summed E-state index contributed by atoms with van der Waals surface area (Å²) in [5.74, 6) is 0.845. The summed E-state index contributed by atoms with van der Waals surface area (Å²) < 4.78 is 7.08. The monoisotopic (exact) mass is 465 g/mol. The fraction of sp³-hybridized carbons (Fsp3) is 0.179. The molecule has 0 N–H and O–H groups in total. The van der Waals surface area contributed by atoms with Crippen LogP contribution in [0.2, 0.25) is 0 Å². The minimum atomic E-state index is 0.00368. The van der Waals surface area contributed by atoms with Gasteiger partial charge in [-0.2, -0.15) is 5.10 Å². The summed E-state index contributed by atoms with van der Waals surface area (Å²) in [5.41, 5.74) is 4.66. The third-order valence-electron chi connectivity index (χ3n) is 6.13. The molecule has 0 radical (unpaired) electrons. The van der Waals surface area contributed by atoms with Gasteiger partial charge in [0.05, 0.1) is 12.8 Å². The summed E-state index contributed by atoms with van der Waals surface area (Å²) in [7, 11) is 1.67. The second-order valence-corrected chi connectivity index (χ2v) is 8.30. The maximum absolute atomic E-state index is 13.0. The van der Waals surface area contributed by atoms with Crippen molar-refractivity contribution in [2.45, 2.75) is 0 Å². The van der Waals surface area contributed by atoms with Crippen molar-refractivity contribution in [2.75, 3.05) is 38.2 Å². The molecule has 0 atom stereocenters. The number of hydrogen-bond donors (Lipinski definition) is 0. The van der Waals surface area contributed by atoms with Gasteiger partial charge < -0.3 is 14.5 Å². The van der Waals surface area contributed by atoms with Gasteiger partial charge in [0.1, 0.15) is 11.4 Å². The Morgan fingerprint density at radius 3 is 2.37 bits per heavy atom. The van der Waals surface area contributed by atoms with Crippen molar-refractivity contribution in [3.05, 3.63) is 97.0 Å². The Balaban J connectivity index is 1.30. The topological polar surface area (TPSA) is 63.5 Å². The van der Waals surface area contributed by atoms with Gasteiger partial charge in [-0.15, -0.1) is 0 Å². The first-order chi connectivity index (χ1) is 17.2. The zero-order chi connectivity index (χ0) is 24.0. The molecule has 0 bridgehead atoms. The standard InChI is InChI=1S/C28H27N5O2/c1-35-26-12-10-24(11-13-26)31-16-18-32(19-17-31)27(34)14-9-23-21-33(25-7-3-2-4-8-25)30-28(23)22-6-5-15-29-20-22/h2-15,20-21H,16-19H2,1H3. The molecule has 2 aromatic carbocycles. The van der Waals surface area contributed by atoms with E-state index >= 15 is 0 Å². The quantitative estimate of drug-likeness (QED) is 0.397. The van der Waals surface area contributed by atoms with Gasteiger partial charge in [0, 0.05) is 67.7 Å². The Morgan fingerprint density at radius 1 is 0.914 bits per heavy atom. The first-order valence-corrected chi connectivity index (χ1v) is 11.6.